The van der Waals surface area contributed by atoms with Gasteiger partial charge in [-0.05, 0) is 106 Å². The zero-order chi connectivity index (χ0) is 41.1. The molecule has 63 heavy (non-hydrogen) atoms. The zero-order valence-corrected chi connectivity index (χ0v) is 45.1. The summed E-state index contributed by atoms with van der Waals surface area (Å²) in [6.45, 7) is 3.17. The van der Waals surface area contributed by atoms with Crippen molar-refractivity contribution < 1.29 is 172 Å². The first-order valence-electron chi connectivity index (χ1n) is 18.1. The molecule has 0 aromatic heterocycles. The summed E-state index contributed by atoms with van der Waals surface area (Å²) in [4.78, 5) is 44.3. The normalized spacial score (nSPS) is 12.4. The molecule has 0 unspecified atom stereocenters. The van der Waals surface area contributed by atoms with Gasteiger partial charge in [0.15, 0.2) is 5.78 Å². The van der Waals surface area contributed by atoms with Crippen molar-refractivity contribution in [1.82, 2.24) is 10.6 Å². The van der Waals surface area contributed by atoms with Gasteiger partial charge in [0, 0.05) is 24.6 Å². The van der Waals surface area contributed by atoms with Gasteiger partial charge in [0.2, 0.25) is 0 Å². The summed E-state index contributed by atoms with van der Waals surface area (Å²) in [7, 11) is -4.86. The maximum absolute atomic E-state index is 12.8. The molecule has 0 bridgehead atoms. The molecule has 4 N–H and O–H groups in total. The van der Waals surface area contributed by atoms with E-state index in [1.165, 1.54) is 45.3 Å². The van der Waals surface area contributed by atoms with Crippen LogP contribution >= 0.6 is 0 Å². The molecule has 18 heteroatoms. The molecule has 0 amide bonds. The minimum Gasteiger partial charge on any atom is -0.870 e. The number of aliphatic carboxylic acids is 2. The third-order valence-electron chi connectivity index (χ3n) is 9.20. The van der Waals surface area contributed by atoms with Crippen molar-refractivity contribution in [3.8, 4) is 0 Å². The summed E-state index contributed by atoms with van der Waals surface area (Å²) in [5, 5.41) is 31.8. The molecular formula is C45H41N2Na4O11S-3. The SMILES string of the molecule is CC1=C/C(=C(\c2cc(C)[c-]c(CNC[C-]=O)c2)c2ccccc2S(=O)(=O)[O-])C=C(CNCC(=O)[O-])C1=O.O=C([O-])CCCc1c2ccccc2cc2ccccc12.[Na+].[Na+].[Na+].[Na+].[OH-].[OH-]. The Labute approximate surface area is 455 Å². The quantitative estimate of drug-likeness (QED) is 0.0326. The second-order valence-corrected chi connectivity index (χ2v) is 14.8. The van der Waals surface area contributed by atoms with E-state index in [1.54, 1.807) is 50.5 Å². The number of aryl methyl sites for hydroxylation is 2. The predicted molar refractivity (Wildman–Crippen MR) is 216 cm³/mol. The molecule has 0 fully saturated rings. The fourth-order valence-electron chi connectivity index (χ4n) is 6.85. The molecule has 0 radical (unpaired) electrons. The molecule has 1 aliphatic rings. The van der Waals surface area contributed by atoms with Gasteiger partial charge in [0.25, 0.3) is 0 Å². The Bertz CT molecular complexity index is 2530. The van der Waals surface area contributed by atoms with Gasteiger partial charge < -0.3 is 50.7 Å². The van der Waals surface area contributed by atoms with Crippen LogP contribution in [0, 0.1) is 13.0 Å². The van der Waals surface area contributed by atoms with Crippen LogP contribution in [-0.4, -0.2) is 67.6 Å². The van der Waals surface area contributed by atoms with Crippen molar-refractivity contribution in [3.05, 3.63) is 154 Å². The molecule has 0 saturated carbocycles. The summed E-state index contributed by atoms with van der Waals surface area (Å²) >= 11 is 0. The van der Waals surface area contributed by atoms with Gasteiger partial charge in [-0.15, -0.1) is 17.7 Å². The summed E-state index contributed by atoms with van der Waals surface area (Å²) < 4.78 is 36.5. The molecule has 0 saturated heterocycles. The van der Waals surface area contributed by atoms with Crippen LogP contribution in [0.25, 0.3) is 27.1 Å². The number of carboxylic acid groups (broad SMARTS) is 2. The molecular weight excluding hydrogens is 869 g/mol. The Hall–Kier alpha value is -2.13. The molecule has 1 aliphatic carbocycles. The summed E-state index contributed by atoms with van der Waals surface area (Å²) in [5.41, 5.74) is 4.81. The fraction of sp³-hybridized carbons (Fsp3) is 0.200. The predicted octanol–water partition coefficient (Wildman–Crippen LogP) is -8.78. The van der Waals surface area contributed by atoms with Crippen LogP contribution in [0.2, 0.25) is 0 Å². The third-order valence-corrected chi connectivity index (χ3v) is 10.1. The number of ketones is 1. The first kappa shape index (κ1) is 63.0. The van der Waals surface area contributed by atoms with E-state index in [0.29, 0.717) is 34.3 Å². The number of benzene rings is 5. The van der Waals surface area contributed by atoms with Gasteiger partial charge in [0.1, 0.15) is 10.1 Å². The Kier molecular flexibility index (Phi) is 30.2. The zero-order valence-electron chi connectivity index (χ0n) is 36.2. The number of hydrogen-bond donors (Lipinski definition) is 2. The van der Waals surface area contributed by atoms with Gasteiger partial charge in [-0.3, -0.25) is 11.1 Å². The van der Waals surface area contributed by atoms with E-state index in [4.69, 9.17) is 0 Å². The van der Waals surface area contributed by atoms with Crippen LogP contribution in [0.15, 0.2) is 125 Å². The average Bonchev–Trinajstić information content (AvgIpc) is 3.16. The maximum atomic E-state index is 12.8. The number of allylic oxidation sites excluding steroid dienone is 4. The van der Waals surface area contributed by atoms with Crippen LogP contribution in [0.1, 0.15) is 47.6 Å². The summed E-state index contributed by atoms with van der Waals surface area (Å²) in [6.07, 6.45) is 6.37. The van der Waals surface area contributed by atoms with Crippen molar-refractivity contribution in [2.24, 2.45) is 0 Å². The number of carboxylic acids is 2. The number of Topliss-reactive ketones (excluding diaryl/α,β-unsaturated/α-hetero) is 1. The van der Waals surface area contributed by atoms with Gasteiger partial charge in [-0.1, -0.05) is 73.7 Å². The topological polar surface area (TPSA) is 256 Å². The first-order chi connectivity index (χ1) is 27.3. The first-order valence-corrected chi connectivity index (χ1v) is 19.5. The van der Waals surface area contributed by atoms with E-state index in [0.717, 1.165) is 12.0 Å². The second kappa shape index (κ2) is 30.2. The number of fused-ring (bicyclic) bond motifs is 2. The molecule has 310 valence electrons. The fourth-order valence-corrected chi connectivity index (χ4v) is 7.54. The monoisotopic (exact) mass is 909 g/mol. The molecule has 6 rings (SSSR count). The van der Waals surface area contributed by atoms with Crippen molar-refractivity contribution in [1.29, 1.82) is 0 Å². The molecule has 0 aliphatic heterocycles. The number of nitrogens with one attached hydrogen (secondary N) is 2. The Morgan fingerprint density at radius 2 is 1.35 bits per heavy atom. The standard InChI is InChI=1S/C27H26N2O7S.C18H16O2.4Na.2H2O/c1-17-9-19(14-28-7-8-30)12-20(10-17)26(23-5-3-4-6-24(23)37(34,35)36)21-11-18(2)27(33)22(13-21)15-29-16-25(31)32;19-18(20)11-5-10-17-15-8-3-1-6-13(15)12-14-7-2-4-9-16(14)17;;;;;;/h3-6,10-13,28-29H,7,14-16H2,1-2H3,(H,31,32)(H,34,35,36);1-4,6-9,12H,5,10-11H2,(H,19,20);;;;;2*1H2/q-2;;4*+1;;/p-5/b26-21-;;;;;;;. The third kappa shape index (κ3) is 17.9. The maximum Gasteiger partial charge on any atom is 1.00 e. The Balaban J connectivity index is 0. The van der Waals surface area contributed by atoms with Gasteiger partial charge in [0.05, 0.1) is 10.9 Å². The summed E-state index contributed by atoms with van der Waals surface area (Å²) in [6, 6.07) is 31.2. The largest absolute Gasteiger partial charge is 1.00 e. The van der Waals surface area contributed by atoms with Crippen LogP contribution in [-0.2, 0) is 42.3 Å². The number of rotatable bonds is 15. The van der Waals surface area contributed by atoms with E-state index in [9.17, 15) is 42.4 Å². The number of carbonyl (C=O) groups is 3. The number of hydrogen-bond acceptors (Lipinski definition) is 13. The van der Waals surface area contributed by atoms with Gasteiger partial charge >= 0.3 is 118 Å². The van der Waals surface area contributed by atoms with Crippen molar-refractivity contribution in [3.63, 3.8) is 0 Å². The number of carbonyl (C=O) groups excluding carboxylic acids is 4. The van der Waals surface area contributed by atoms with Crippen LogP contribution in [0.4, 0.5) is 0 Å². The average molecular weight is 910 g/mol. The van der Waals surface area contributed by atoms with Crippen molar-refractivity contribution in [2.45, 2.75) is 44.6 Å². The van der Waals surface area contributed by atoms with Crippen molar-refractivity contribution >= 4 is 61.2 Å². The molecule has 0 spiro atoms. The van der Waals surface area contributed by atoms with Gasteiger partial charge in [-0.25, -0.2) is 8.42 Å². The Morgan fingerprint density at radius 1 is 0.762 bits per heavy atom. The second-order valence-electron chi connectivity index (χ2n) is 13.4. The smallest absolute Gasteiger partial charge is 0.870 e. The Morgan fingerprint density at radius 3 is 1.92 bits per heavy atom. The van der Waals surface area contributed by atoms with Crippen LogP contribution in [0.5, 0.6) is 0 Å². The molecule has 13 nitrogen and oxygen atoms in total. The van der Waals surface area contributed by atoms with E-state index in [2.05, 4.69) is 47.0 Å². The summed E-state index contributed by atoms with van der Waals surface area (Å²) in [5.74, 6) is -2.60. The van der Waals surface area contributed by atoms with Gasteiger partial charge in [-0.2, -0.15) is 23.8 Å². The minimum absolute atomic E-state index is 0. The molecule has 0 atom stereocenters. The molecule has 0 heterocycles. The van der Waals surface area contributed by atoms with E-state index in [-0.39, 0.29) is 172 Å². The molecule has 5 aromatic rings. The van der Waals surface area contributed by atoms with E-state index < -0.39 is 33.5 Å². The van der Waals surface area contributed by atoms with Crippen LogP contribution in [0.3, 0.4) is 0 Å². The molecule has 5 aromatic carbocycles. The van der Waals surface area contributed by atoms with E-state index in [1.807, 2.05) is 24.3 Å². The van der Waals surface area contributed by atoms with E-state index >= 15 is 0 Å². The van der Waals surface area contributed by atoms with Crippen LogP contribution < -0.4 is 139 Å². The van der Waals surface area contributed by atoms with Crippen molar-refractivity contribution in [2.75, 3.05) is 19.6 Å². The minimum atomic E-state index is -4.86.